The molecule has 5 heteroatoms. The summed E-state index contributed by atoms with van der Waals surface area (Å²) in [6.07, 6.45) is 1.91. The molecule has 0 radical (unpaired) electrons. The first-order valence-electron chi connectivity index (χ1n) is 5.78. The van der Waals surface area contributed by atoms with Gasteiger partial charge < -0.3 is 5.11 Å². The molecule has 0 bridgehead atoms. The lowest BCUT2D eigenvalue weighted by atomic mass is 10.0. The van der Waals surface area contributed by atoms with E-state index in [1.807, 2.05) is 13.8 Å². The third-order valence-corrected chi connectivity index (χ3v) is 4.30. The van der Waals surface area contributed by atoms with Crippen LogP contribution >= 0.6 is 0 Å². The number of phenols is 1. The van der Waals surface area contributed by atoms with Crippen LogP contribution in [0.1, 0.15) is 26.7 Å². The zero-order chi connectivity index (χ0) is 12.9. The van der Waals surface area contributed by atoms with Crippen molar-refractivity contribution in [2.45, 2.75) is 31.6 Å². The summed E-state index contributed by atoms with van der Waals surface area (Å²) < 4.78 is 26.4. The first-order valence-corrected chi connectivity index (χ1v) is 7.26. The maximum Gasteiger partial charge on any atom is 0.240 e. The van der Waals surface area contributed by atoms with Crippen LogP contribution in [0.15, 0.2) is 29.2 Å². The fraction of sp³-hybridized carbons (Fsp3) is 0.500. The molecule has 2 N–H and O–H groups in total. The molecule has 0 unspecified atom stereocenters. The number of sulfonamides is 1. The van der Waals surface area contributed by atoms with E-state index < -0.39 is 10.0 Å². The maximum atomic E-state index is 11.9. The van der Waals surface area contributed by atoms with Gasteiger partial charge in [0.2, 0.25) is 10.0 Å². The van der Waals surface area contributed by atoms with Crippen molar-refractivity contribution in [2.24, 2.45) is 5.92 Å². The lowest BCUT2D eigenvalue weighted by molar-refractivity contribution is 0.474. The van der Waals surface area contributed by atoms with Crippen molar-refractivity contribution >= 4 is 10.0 Å². The highest BCUT2D eigenvalue weighted by molar-refractivity contribution is 7.89. The van der Waals surface area contributed by atoms with E-state index in [0.717, 1.165) is 12.8 Å². The van der Waals surface area contributed by atoms with Gasteiger partial charge in [0.1, 0.15) is 5.75 Å². The molecular weight excluding hydrogens is 238 g/mol. The van der Waals surface area contributed by atoms with E-state index in [1.165, 1.54) is 24.3 Å². The lowest BCUT2D eigenvalue weighted by Gasteiger charge is -2.13. The van der Waals surface area contributed by atoms with Gasteiger partial charge in [-0.3, -0.25) is 0 Å². The molecular formula is C12H19NO3S. The lowest BCUT2D eigenvalue weighted by Crippen LogP contribution is -2.29. The summed E-state index contributed by atoms with van der Waals surface area (Å²) in [6, 6.07) is 5.52. The van der Waals surface area contributed by atoms with E-state index >= 15 is 0 Å². The maximum absolute atomic E-state index is 11.9. The largest absolute Gasteiger partial charge is 0.508 e. The molecule has 0 aromatic heterocycles. The van der Waals surface area contributed by atoms with Gasteiger partial charge >= 0.3 is 0 Å². The fourth-order valence-corrected chi connectivity index (χ4v) is 2.63. The molecule has 1 aromatic carbocycles. The Kier molecular flexibility index (Phi) is 4.96. The van der Waals surface area contributed by atoms with Gasteiger partial charge in [-0.25, -0.2) is 13.1 Å². The van der Waals surface area contributed by atoms with E-state index in [0.29, 0.717) is 12.5 Å². The van der Waals surface area contributed by atoms with Crippen molar-refractivity contribution in [1.82, 2.24) is 4.72 Å². The Hall–Kier alpha value is -1.07. The summed E-state index contributed by atoms with van der Waals surface area (Å²) in [6.45, 7) is 4.54. The first kappa shape index (κ1) is 14.0. The zero-order valence-corrected chi connectivity index (χ0v) is 11.0. The van der Waals surface area contributed by atoms with Crippen LogP contribution in [0.25, 0.3) is 0 Å². The summed E-state index contributed by atoms with van der Waals surface area (Å²) >= 11 is 0. The number of aromatic hydroxyl groups is 1. The van der Waals surface area contributed by atoms with Gasteiger partial charge in [-0.1, -0.05) is 26.7 Å². The Morgan fingerprint density at radius 2 is 1.71 bits per heavy atom. The minimum absolute atomic E-state index is 0.0592. The second-order valence-corrected chi connectivity index (χ2v) is 5.80. The van der Waals surface area contributed by atoms with Crippen molar-refractivity contribution in [3.05, 3.63) is 24.3 Å². The Bertz CT molecular complexity index is 435. The van der Waals surface area contributed by atoms with Crippen molar-refractivity contribution < 1.29 is 13.5 Å². The zero-order valence-electron chi connectivity index (χ0n) is 10.2. The Morgan fingerprint density at radius 1 is 1.18 bits per heavy atom. The average Bonchev–Trinajstić information content (AvgIpc) is 2.31. The highest BCUT2D eigenvalue weighted by Gasteiger charge is 2.15. The number of hydrogen-bond acceptors (Lipinski definition) is 3. The van der Waals surface area contributed by atoms with E-state index in [2.05, 4.69) is 4.72 Å². The molecule has 0 aliphatic heterocycles. The predicted octanol–water partition coefficient (Wildman–Crippen LogP) is 2.11. The minimum atomic E-state index is -3.45. The Balaban J connectivity index is 2.72. The van der Waals surface area contributed by atoms with Crippen molar-refractivity contribution in [3.8, 4) is 5.75 Å². The van der Waals surface area contributed by atoms with Gasteiger partial charge in [-0.2, -0.15) is 0 Å². The highest BCUT2D eigenvalue weighted by Crippen LogP contribution is 2.15. The molecule has 1 rings (SSSR count). The summed E-state index contributed by atoms with van der Waals surface area (Å²) in [7, 11) is -3.45. The third kappa shape index (κ3) is 4.02. The van der Waals surface area contributed by atoms with Crippen molar-refractivity contribution in [3.63, 3.8) is 0 Å². The molecule has 0 aliphatic rings. The third-order valence-electron chi connectivity index (χ3n) is 2.86. The smallest absolute Gasteiger partial charge is 0.240 e. The molecule has 0 saturated carbocycles. The molecule has 0 heterocycles. The second-order valence-electron chi connectivity index (χ2n) is 4.03. The van der Waals surface area contributed by atoms with Gasteiger partial charge in [-0.05, 0) is 30.2 Å². The average molecular weight is 257 g/mol. The van der Waals surface area contributed by atoms with Crippen LogP contribution in [0.4, 0.5) is 0 Å². The Labute approximate surface area is 103 Å². The summed E-state index contributed by atoms with van der Waals surface area (Å²) in [5.41, 5.74) is 0. The van der Waals surface area contributed by atoms with Crippen LogP contribution < -0.4 is 4.72 Å². The first-order chi connectivity index (χ1) is 7.99. The van der Waals surface area contributed by atoms with Crippen molar-refractivity contribution in [2.75, 3.05) is 6.54 Å². The molecule has 0 atom stereocenters. The molecule has 0 saturated heterocycles. The quantitative estimate of drug-likeness (QED) is 0.820. The van der Waals surface area contributed by atoms with Gasteiger partial charge in [-0.15, -0.1) is 0 Å². The van der Waals surface area contributed by atoms with Crippen molar-refractivity contribution in [1.29, 1.82) is 0 Å². The molecule has 0 spiro atoms. The van der Waals surface area contributed by atoms with Gasteiger partial charge in [0, 0.05) is 6.54 Å². The molecule has 0 fully saturated rings. The van der Waals surface area contributed by atoms with Crippen LogP contribution in [0.3, 0.4) is 0 Å². The van der Waals surface area contributed by atoms with Crippen LogP contribution in [-0.4, -0.2) is 20.1 Å². The normalized spacial score (nSPS) is 11.9. The van der Waals surface area contributed by atoms with Crippen LogP contribution in [-0.2, 0) is 10.0 Å². The fourth-order valence-electron chi connectivity index (χ4n) is 1.51. The minimum Gasteiger partial charge on any atom is -0.508 e. The van der Waals surface area contributed by atoms with Gasteiger partial charge in [0.25, 0.3) is 0 Å². The number of nitrogens with one attached hydrogen (secondary N) is 1. The predicted molar refractivity (Wildman–Crippen MR) is 67.4 cm³/mol. The topological polar surface area (TPSA) is 66.4 Å². The molecule has 1 aromatic rings. The monoisotopic (exact) mass is 257 g/mol. The van der Waals surface area contributed by atoms with E-state index in [9.17, 15) is 8.42 Å². The summed E-state index contributed by atoms with van der Waals surface area (Å²) in [5.74, 6) is 0.422. The highest BCUT2D eigenvalue weighted by atomic mass is 32.2. The SMILES string of the molecule is CCC(CC)CNS(=O)(=O)c1ccc(O)cc1. The summed E-state index contributed by atoms with van der Waals surface area (Å²) in [4.78, 5) is 0.182. The number of phenolic OH excluding ortho intramolecular Hbond substituents is 1. The molecule has 0 amide bonds. The Morgan fingerprint density at radius 3 is 2.18 bits per heavy atom. The number of benzene rings is 1. The van der Waals surface area contributed by atoms with Crippen LogP contribution in [0.5, 0.6) is 5.75 Å². The van der Waals surface area contributed by atoms with Gasteiger partial charge in [0.05, 0.1) is 4.90 Å². The molecule has 96 valence electrons. The second kappa shape index (κ2) is 6.02. The van der Waals surface area contributed by atoms with Gasteiger partial charge in [0.15, 0.2) is 0 Å². The number of rotatable bonds is 6. The van der Waals surface area contributed by atoms with Crippen LogP contribution in [0, 0.1) is 5.92 Å². The van der Waals surface area contributed by atoms with E-state index in [1.54, 1.807) is 0 Å². The standard InChI is InChI=1S/C12H19NO3S/c1-3-10(4-2)9-13-17(15,16)12-7-5-11(14)6-8-12/h5-8,10,13-14H,3-4,9H2,1-2H3. The number of hydrogen-bond donors (Lipinski definition) is 2. The van der Waals surface area contributed by atoms with E-state index in [4.69, 9.17) is 5.11 Å². The van der Waals surface area contributed by atoms with E-state index in [-0.39, 0.29) is 10.6 Å². The molecule has 4 nitrogen and oxygen atoms in total. The van der Waals surface area contributed by atoms with Crippen LogP contribution in [0.2, 0.25) is 0 Å². The summed E-state index contributed by atoms with van der Waals surface area (Å²) in [5, 5.41) is 9.10. The molecule has 0 aliphatic carbocycles. The molecule has 17 heavy (non-hydrogen) atoms.